The Morgan fingerprint density at radius 1 is 1.11 bits per heavy atom. The maximum Gasteiger partial charge on any atom is 0.290 e. The van der Waals surface area contributed by atoms with E-state index in [2.05, 4.69) is 44.8 Å². The van der Waals surface area contributed by atoms with Gasteiger partial charge in [-0.2, -0.15) is 0 Å². The zero-order valence-corrected chi connectivity index (χ0v) is 22.7. The molecule has 2 N–H and O–H groups in total. The highest BCUT2D eigenvalue weighted by Gasteiger charge is 2.23. The summed E-state index contributed by atoms with van der Waals surface area (Å²) in [7, 11) is 0. The van der Waals surface area contributed by atoms with Crippen molar-refractivity contribution in [2.24, 2.45) is 5.92 Å². The molecule has 0 spiro atoms. The highest BCUT2D eigenvalue weighted by atomic mass is 32.1. The van der Waals surface area contributed by atoms with Gasteiger partial charge in [0.05, 0.1) is 18.4 Å². The number of rotatable bonds is 11. The molecular weight excluding hydrogens is 502 g/mol. The van der Waals surface area contributed by atoms with Crippen LogP contribution in [-0.2, 0) is 22.6 Å². The number of carbonyl (C=O) groups excluding carboxylic acids is 3. The summed E-state index contributed by atoms with van der Waals surface area (Å²) in [6, 6.07) is 13.8. The summed E-state index contributed by atoms with van der Waals surface area (Å²) in [6.45, 7) is 7.09. The maximum atomic E-state index is 12.7. The molecular formula is C28H35N5O4S. The van der Waals surface area contributed by atoms with Gasteiger partial charge in [0.2, 0.25) is 11.8 Å². The summed E-state index contributed by atoms with van der Waals surface area (Å²) in [5.74, 6) is -0.369. The Hall–Kier alpha value is -3.50. The fourth-order valence-electron chi connectivity index (χ4n) is 4.51. The normalized spacial score (nSPS) is 14.4. The maximum absolute atomic E-state index is 12.7. The molecule has 202 valence electrons. The Morgan fingerprint density at radius 2 is 1.87 bits per heavy atom. The molecule has 1 aromatic carbocycles. The van der Waals surface area contributed by atoms with Crippen LogP contribution in [0.4, 0.5) is 5.13 Å². The molecule has 1 aliphatic heterocycles. The molecule has 3 amide bonds. The summed E-state index contributed by atoms with van der Waals surface area (Å²) in [5, 5.41) is 8.06. The standard InChI is InChI=1S/C28H35N5O4S/c1-20(2)16-33(27(36)24-9-6-14-37-24)18-26(35)31-28-30-23(19-38-28)15-25(34)29-22-10-12-32(13-11-22)17-21-7-4-3-5-8-21/h3-9,14,19-20,22H,10-13,15-18H2,1-2H3,(H,29,34)(H,30,31,35). The Morgan fingerprint density at radius 3 is 2.55 bits per heavy atom. The lowest BCUT2D eigenvalue weighted by Gasteiger charge is -2.32. The summed E-state index contributed by atoms with van der Waals surface area (Å²) in [4.78, 5) is 46.3. The van der Waals surface area contributed by atoms with Crippen molar-refractivity contribution < 1.29 is 18.8 Å². The van der Waals surface area contributed by atoms with Gasteiger partial charge in [-0.1, -0.05) is 44.2 Å². The minimum Gasteiger partial charge on any atom is -0.459 e. The first-order valence-corrected chi connectivity index (χ1v) is 13.9. The van der Waals surface area contributed by atoms with Crippen molar-refractivity contribution in [1.82, 2.24) is 20.1 Å². The minimum atomic E-state index is -0.349. The number of piperidine rings is 1. The van der Waals surface area contributed by atoms with E-state index in [0.717, 1.165) is 32.5 Å². The molecule has 10 heteroatoms. The van der Waals surface area contributed by atoms with Gasteiger partial charge in [-0.3, -0.25) is 19.3 Å². The number of anilines is 1. The van der Waals surface area contributed by atoms with Crippen molar-refractivity contribution in [2.75, 3.05) is 31.5 Å². The van der Waals surface area contributed by atoms with E-state index in [4.69, 9.17) is 4.42 Å². The fourth-order valence-corrected chi connectivity index (χ4v) is 5.24. The fraction of sp³-hybridized carbons (Fsp3) is 0.429. The second kappa shape index (κ2) is 13.3. The van der Waals surface area contributed by atoms with Crippen LogP contribution in [0.25, 0.3) is 0 Å². The lowest BCUT2D eigenvalue weighted by atomic mass is 10.0. The van der Waals surface area contributed by atoms with E-state index in [-0.39, 0.29) is 48.4 Å². The lowest BCUT2D eigenvalue weighted by Crippen LogP contribution is -2.44. The molecule has 2 aromatic heterocycles. The Bertz CT molecular complexity index is 1190. The molecule has 0 atom stereocenters. The van der Waals surface area contributed by atoms with Gasteiger partial charge in [0.15, 0.2) is 10.9 Å². The zero-order chi connectivity index (χ0) is 26.9. The first-order chi connectivity index (χ1) is 18.4. The van der Waals surface area contributed by atoms with E-state index >= 15 is 0 Å². The van der Waals surface area contributed by atoms with Gasteiger partial charge in [0.25, 0.3) is 5.91 Å². The van der Waals surface area contributed by atoms with Crippen molar-refractivity contribution in [1.29, 1.82) is 0 Å². The molecule has 4 rings (SSSR count). The number of likely N-dealkylation sites (tertiary alicyclic amines) is 1. The number of carbonyl (C=O) groups is 3. The second-order valence-electron chi connectivity index (χ2n) is 10.0. The highest BCUT2D eigenvalue weighted by Crippen LogP contribution is 2.18. The van der Waals surface area contributed by atoms with Crippen LogP contribution < -0.4 is 10.6 Å². The summed E-state index contributed by atoms with van der Waals surface area (Å²) in [5.41, 5.74) is 1.91. The van der Waals surface area contributed by atoms with Crippen LogP contribution in [0.2, 0.25) is 0 Å². The molecule has 1 aliphatic rings. The molecule has 9 nitrogen and oxygen atoms in total. The number of furan rings is 1. The number of benzene rings is 1. The van der Waals surface area contributed by atoms with Gasteiger partial charge in [0.1, 0.15) is 6.54 Å². The third-order valence-electron chi connectivity index (χ3n) is 6.28. The summed E-state index contributed by atoms with van der Waals surface area (Å²) < 4.78 is 5.21. The van der Waals surface area contributed by atoms with Gasteiger partial charge in [-0.25, -0.2) is 4.98 Å². The molecule has 1 saturated heterocycles. The van der Waals surface area contributed by atoms with Gasteiger partial charge in [0, 0.05) is 37.6 Å². The van der Waals surface area contributed by atoms with Crippen LogP contribution in [0.5, 0.6) is 0 Å². The largest absolute Gasteiger partial charge is 0.459 e. The second-order valence-corrected chi connectivity index (χ2v) is 10.9. The number of amides is 3. The van der Waals surface area contributed by atoms with Crippen LogP contribution in [0.1, 0.15) is 48.5 Å². The molecule has 0 saturated carbocycles. The topological polar surface area (TPSA) is 108 Å². The Balaban J connectivity index is 1.21. The van der Waals surface area contributed by atoms with Crippen molar-refractivity contribution in [3.8, 4) is 0 Å². The molecule has 0 unspecified atom stereocenters. The van der Waals surface area contributed by atoms with Gasteiger partial charge in [-0.15, -0.1) is 11.3 Å². The molecule has 0 bridgehead atoms. The first kappa shape index (κ1) is 27.5. The van der Waals surface area contributed by atoms with E-state index < -0.39 is 0 Å². The van der Waals surface area contributed by atoms with E-state index in [1.54, 1.807) is 17.5 Å². The van der Waals surface area contributed by atoms with Gasteiger partial charge >= 0.3 is 0 Å². The number of aromatic nitrogens is 1. The third-order valence-corrected chi connectivity index (χ3v) is 7.09. The lowest BCUT2D eigenvalue weighted by molar-refractivity contribution is -0.121. The number of nitrogens with one attached hydrogen (secondary N) is 2. The molecule has 1 fully saturated rings. The minimum absolute atomic E-state index is 0.0677. The summed E-state index contributed by atoms with van der Waals surface area (Å²) >= 11 is 1.26. The predicted octanol–water partition coefficient (Wildman–Crippen LogP) is 3.80. The number of thiazole rings is 1. The molecule has 0 aliphatic carbocycles. The number of hydrogen-bond donors (Lipinski definition) is 2. The highest BCUT2D eigenvalue weighted by molar-refractivity contribution is 7.13. The molecule has 3 aromatic rings. The Labute approximate surface area is 227 Å². The molecule has 3 heterocycles. The summed E-state index contributed by atoms with van der Waals surface area (Å²) in [6.07, 6.45) is 3.43. The SMILES string of the molecule is CC(C)CN(CC(=O)Nc1nc(CC(=O)NC2CCN(Cc3ccccc3)CC2)cs1)C(=O)c1ccco1. The number of hydrogen-bond acceptors (Lipinski definition) is 7. The molecule has 0 radical (unpaired) electrons. The van der Waals surface area contributed by atoms with Crippen molar-refractivity contribution >= 4 is 34.2 Å². The third kappa shape index (κ3) is 8.26. The van der Waals surface area contributed by atoms with E-state index in [1.165, 1.54) is 28.1 Å². The van der Waals surface area contributed by atoms with Crippen LogP contribution in [0, 0.1) is 5.92 Å². The van der Waals surface area contributed by atoms with Crippen molar-refractivity contribution in [2.45, 2.75) is 45.7 Å². The molecule has 38 heavy (non-hydrogen) atoms. The van der Waals surface area contributed by atoms with Gasteiger partial charge in [-0.05, 0) is 36.5 Å². The van der Waals surface area contributed by atoms with Crippen molar-refractivity contribution in [3.63, 3.8) is 0 Å². The average Bonchev–Trinajstić information content (AvgIpc) is 3.57. The van der Waals surface area contributed by atoms with Crippen LogP contribution in [-0.4, -0.2) is 64.7 Å². The van der Waals surface area contributed by atoms with Gasteiger partial charge < -0.3 is 20.0 Å². The Kier molecular flexibility index (Phi) is 9.67. The van der Waals surface area contributed by atoms with Crippen LogP contribution >= 0.6 is 11.3 Å². The first-order valence-electron chi connectivity index (χ1n) is 13.0. The quantitative estimate of drug-likeness (QED) is 0.385. The van der Waals surface area contributed by atoms with E-state index in [0.29, 0.717) is 17.4 Å². The monoisotopic (exact) mass is 537 g/mol. The van der Waals surface area contributed by atoms with Crippen LogP contribution in [0.15, 0.2) is 58.5 Å². The predicted molar refractivity (Wildman–Crippen MR) is 147 cm³/mol. The van der Waals surface area contributed by atoms with Crippen molar-refractivity contribution in [3.05, 3.63) is 71.1 Å². The number of nitrogens with zero attached hydrogens (tertiary/aromatic N) is 3. The smallest absolute Gasteiger partial charge is 0.290 e. The van der Waals surface area contributed by atoms with E-state index in [9.17, 15) is 14.4 Å². The van der Waals surface area contributed by atoms with E-state index in [1.807, 2.05) is 19.9 Å². The average molecular weight is 538 g/mol. The van der Waals surface area contributed by atoms with Crippen LogP contribution in [0.3, 0.4) is 0 Å². The zero-order valence-electron chi connectivity index (χ0n) is 21.9.